The fourth-order valence-electron chi connectivity index (χ4n) is 2.52. The van der Waals surface area contributed by atoms with Gasteiger partial charge >= 0.3 is 0 Å². The molecule has 0 amide bonds. The molecule has 24 heavy (non-hydrogen) atoms. The van der Waals surface area contributed by atoms with Gasteiger partial charge in [-0.05, 0) is 18.6 Å². The van der Waals surface area contributed by atoms with Crippen molar-refractivity contribution in [2.24, 2.45) is 0 Å². The third-order valence-corrected chi connectivity index (χ3v) is 4.70. The number of methoxy groups -OCH3 is 1. The van der Waals surface area contributed by atoms with Crippen molar-refractivity contribution >= 4 is 11.8 Å². The lowest BCUT2D eigenvalue weighted by Gasteiger charge is -2.15. The first kappa shape index (κ1) is 16.6. The lowest BCUT2D eigenvalue weighted by atomic mass is 10.1. The topological polar surface area (TPSA) is 47.3 Å². The number of nitrogens with zero attached hydrogens (tertiary/aromatic N) is 2. The Balaban J connectivity index is 2.11. The van der Waals surface area contributed by atoms with E-state index in [4.69, 9.17) is 9.84 Å². The van der Waals surface area contributed by atoms with Gasteiger partial charge in [-0.25, -0.2) is 4.98 Å². The number of thioether (sulfide) groups is 1. The Kier molecular flexibility index (Phi) is 5.56. The molecule has 124 valence electrons. The van der Waals surface area contributed by atoms with Gasteiger partial charge in [0.2, 0.25) is 0 Å². The van der Waals surface area contributed by atoms with Crippen LogP contribution in [0.1, 0.15) is 6.42 Å². The van der Waals surface area contributed by atoms with E-state index in [1.165, 1.54) is 0 Å². The summed E-state index contributed by atoms with van der Waals surface area (Å²) in [6.45, 7) is 0.188. The van der Waals surface area contributed by atoms with E-state index in [0.717, 1.165) is 40.0 Å². The molecule has 3 rings (SSSR count). The minimum Gasteiger partial charge on any atom is -0.495 e. The highest BCUT2D eigenvalue weighted by Crippen LogP contribution is 2.33. The van der Waals surface area contributed by atoms with Crippen LogP contribution in [-0.4, -0.2) is 34.1 Å². The van der Waals surface area contributed by atoms with Gasteiger partial charge in [-0.3, -0.25) is 4.57 Å². The number of ether oxygens (including phenoxy) is 1. The molecule has 0 aliphatic rings. The van der Waals surface area contributed by atoms with Crippen molar-refractivity contribution in [3.8, 4) is 22.7 Å². The van der Waals surface area contributed by atoms with E-state index < -0.39 is 0 Å². The molecule has 4 nitrogen and oxygen atoms in total. The number of aliphatic hydroxyl groups is 1. The molecule has 0 unspecified atom stereocenters. The zero-order chi connectivity index (χ0) is 16.8. The first-order chi connectivity index (χ1) is 11.8. The van der Waals surface area contributed by atoms with Gasteiger partial charge < -0.3 is 9.84 Å². The molecule has 0 bridgehead atoms. The van der Waals surface area contributed by atoms with Crippen molar-refractivity contribution in [2.45, 2.75) is 11.6 Å². The molecule has 0 aliphatic carbocycles. The van der Waals surface area contributed by atoms with Crippen molar-refractivity contribution in [3.05, 3.63) is 60.8 Å². The second kappa shape index (κ2) is 8.04. The van der Waals surface area contributed by atoms with Crippen LogP contribution in [0.3, 0.4) is 0 Å². The maximum Gasteiger partial charge on any atom is 0.173 e. The van der Waals surface area contributed by atoms with Crippen molar-refractivity contribution < 1.29 is 9.84 Å². The molecule has 3 aromatic rings. The second-order valence-corrected chi connectivity index (χ2v) is 6.29. The Morgan fingerprint density at radius 1 is 1.08 bits per heavy atom. The summed E-state index contributed by atoms with van der Waals surface area (Å²) in [5, 5.41) is 9.93. The van der Waals surface area contributed by atoms with Gasteiger partial charge in [-0.2, -0.15) is 0 Å². The first-order valence-corrected chi connectivity index (χ1v) is 8.84. The predicted molar refractivity (Wildman–Crippen MR) is 98.0 cm³/mol. The van der Waals surface area contributed by atoms with E-state index >= 15 is 0 Å². The molecule has 0 atom stereocenters. The van der Waals surface area contributed by atoms with Crippen LogP contribution in [0.25, 0.3) is 16.9 Å². The lowest BCUT2D eigenvalue weighted by Crippen LogP contribution is -2.02. The largest absolute Gasteiger partial charge is 0.495 e. The summed E-state index contributed by atoms with van der Waals surface area (Å²) in [6, 6.07) is 18.1. The summed E-state index contributed by atoms with van der Waals surface area (Å²) in [6.07, 6.45) is 2.63. The summed E-state index contributed by atoms with van der Waals surface area (Å²) in [5.41, 5.74) is 3.08. The summed E-state index contributed by atoms with van der Waals surface area (Å²) in [7, 11) is 1.68. The fourth-order valence-corrected chi connectivity index (χ4v) is 3.43. The monoisotopic (exact) mass is 340 g/mol. The number of rotatable bonds is 7. The zero-order valence-electron chi connectivity index (χ0n) is 13.6. The molecule has 0 aliphatic heterocycles. The Morgan fingerprint density at radius 2 is 1.83 bits per heavy atom. The van der Waals surface area contributed by atoms with Crippen LogP contribution in [0.15, 0.2) is 66.0 Å². The van der Waals surface area contributed by atoms with E-state index in [2.05, 4.69) is 21.7 Å². The van der Waals surface area contributed by atoms with Crippen LogP contribution < -0.4 is 4.74 Å². The SMILES string of the molecule is COc1ccccc1-n1c(-c2ccccc2)cnc1SCCCO. The summed E-state index contributed by atoms with van der Waals surface area (Å²) in [5.74, 6) is 1.62. The first-order valence-electron chi connectivity index (χ1n) is 7.85. The molecule has 0 radical (unpaired) electrons. The molecular weight excluding hydrogens is 320 g/mol. The van der Waals surface area contributed by atoms with Gasteiger partial charge in [0.05, 0.1) is 24.7 Å². The van der Waals surface area contributed by atoms with E-state index in [1.807, 2.05) is 48.7 Å². The molecule has 0 saturated heterocycles. The maximum atomic E-state index is 9.04. The Hall–Kier alpha value is -2.24. The number of imidazole rings is 1. The number of hydrogen-bond donors (Lipinski definition) is 1. The summed E-state index contributed by atoms with van der Waals surface area (Å²) >= 11 is 1.64. The Bertz CT molecular complexity index is 787. The third-order valence-electron chi connectivity index (χ3n) is 3.66. The van der Waals surface area contributed by atoms with Crippen molar-refractivity contribution in [1.82, 2.24) is 9.55 Å². The van der Waals surface area contributed by atoms with Gasteiger partial charge in [0.1, 0.15) is 5.75 Å². The fraction of sp³-hybridized carbons (Fsp3) is 0.211. The predicted octanol–water partition coefficient (Wildman–Crippen LogP) is 4.02. The van der Waals surface area contributed by atoms with Crippen LogP contribution >= 0.6 is 11.8 Å². The highest BCUT2D eigenvalue weighted by atomic mass is 32.2. The Labute approximate surface area is 146 Å². The number of para-hydroxylation sites is 2. The third kappa shape index (κ3) is 3.47. The van der Waals surface area contributed by atoms with Crippen LogP contribution in [0.4, 0.5) is 0 Å². The quantitative estimate of drug-likeness (QED) is 0.521. The number of aliphatic hydroxyl groups excluding tert-OH is 1. The van der Waals surface area contributed by atoms with Crippen LogP contribution in [-0.2, 0) is 0 Å². The lowest BCUT2D eigenvalue weighted by molar-refractivity contribution is 0.296. The molecule has 2 aromatic carbocycles. The highest BCUT2D eigenvalue weighted by Gasteiger charge is 2.16. The van der Waals surface area contributed by atoms with Crippen LogP contribution in [0.2, 0.25) is 0 Å². The van der Waals surface area contributed by atoms with Gasteiger partial charge in [0.15, 0.2) is 5.16 Å². The van der Waals surface area contributed by atoms with Crippen LogP contribution in [0, 0.1) is 0 Å². The number of hydrogen-bond acceptors (Lipinski definition) is 4. The molecule has 5 heteroatoms. The smallest absolute Gasteiger partial charge is 0.173 e. The zero-order valence-corrected chi connectivity index (χ0v) is 14.4. The molecule has 1 N–H and O–H groups in total. The van der Waals surface area contributed by atoms with E-state index in [0.29, 0.717) is 0 Å². The van der Waals surface area contributed by atoms with E-state index in [9.17, 15) is 0 Å². The van der Waals surface area contributed by atoms with E-state index in [-0.39, 0.29) is 6.61 Å². The minimum atomic E-state index is 0.188. The van der Waals surface area contributed by atoms with Gasteiger partial charge in [0, 0.05) is 17.9 Å². The molecule has 0 fully saturated rings. The van der Waals surface area contributed by atoms with E-state index in [1.54, 1.807) is 18.9 Å². The van der Waals surface area contributed by atoms with Crippen molar-refractivity contribution in [2.75, 3.05) is 19.5 Å². The van der Waals surface area contributed by atoms with Crippen LogP contribution in [0.5, 0.6) is 5.75 Å². The van der Waals surface area contributed by atoms with Gasteiger partial charge in [-0.1, -0.05) is 54.2 Å². The normalized spacial score (nSPS) is 10.8. The molecular formula is C19H20N2O2S. The molecule has 1 heterocycles. The number of aromatic nitrogens is 2. The van der Waals surface area contributed by atoms with Gasteiger partial charge in [-0.15, -0.1) is 0 Å². The summed E-state index contributed by atoms with van der Waals surface area (Å²) < 4.78 is 7.66. The minimum absolute atomic E-state index is 0.188. The van der Waals surface area contributed by atoms with Crippen molar-refractivity contribution in [3.63, 3.8) is 0 Å². The highest BCUT2D eigenvalue weighted by molar-refractivity contribution is 7.99. The standard InChI is InChI=1S/C19H20N2O2S/c1-23-18-11-6-5-10-16(18)21-17(15-8-3-2-4-9-15)14-20-19(21)24-13-7-12-22/h2-6,8-11,14,22H,7,12-13H2,1H3. The van der Waals surface area contributed by atoms with Crippen molar-refractivity contribution in [1.29, 1.82) is 0 Å². The molecule has 0 saturated carbocycles. The maximum absolute atomic E-state index is 9.04. The number of benzene rings is 2. The molecule has 1 aromatic heterocycles. The average molecular weight is 340 g/mol. The molecule has 0 spiro atoms. The summed E-state index contributed by atoms with van der Waals surface area (Å²) in [4.78, 5) is 4.60. The average Bonchev–Trinajstić information content (AvgIpc) is 3.06. The Morgan fingerprint density at radius 3 is 2.58 bits per heavy atom. The second-order valence-electron chi connectivity index (χ2n) is 5.22. The van der Waals surface area contributed by atoms with Gasteiger partial charge in [0.25, 0.3) is 0 Å².